The zero-order valence-electron chi connectivity index (χ0n) is 14.8. The first kappa shape index (κ1) is 19.3. The summed E-state index contributed by atoms with van der Waals surface area (Å²) in [6.07, 6.45) is 1.41. The van der Waals surface area contributed by atoms with E-state index in [1.807, 2.05) is 6.07 Å². The van der Waals surface area contributed by atoms with Crippen molar-refractivity contribution < 1.29 is 13.9 Å². The van der Waals surface area contributed by atoms with Gasteiger partial charge in [-0.05, 0) is 12.1 Å². The Balaban J connectivity index is 1.44. The fourth-order valence-electron chi connectivity index (χ4n) is 2.73. The van der Waals surface area contributed by atoms with Crippen molar-refractivity contribution in [2.75, 3.05) is 49.6 Å². The molecule has 1 aromatic heterocycles. The Hall–Kier alpha value is -2.45. The molecule has 0 bridgehead atoms. The first-order valence-corrected chi connectivity index (χ1v) is 9.09. The molecule has 7 nitrogen and oxygen atoms in total. The molecule has 1 saturated heterocycles. The standard InChI is InChI=1S/C18H21ClFN5O2/c19-14-2-1-3-15(20)13(14)10-18(26)22-5-4-21-16-11-17(24-12-23-16)25-6-8-27-9-7-25/h1-3,11-12H,4-10H2,(H,22,26)(H,21,23,24). The molecule has 1 aliphatic heterocycles. The van der Waals surface area contributed by atoms with Crippen molar-refractivity contribution in [1.29, 1.82) is 0 Å². The number of halogens is 2. The summed E-state index contributed by atoms with van der Waals surface area (Å²) in [6.45, 7) is 3.82. The van der Waals surface area contributed by atoms with Crippen LogP contribution in [0, 0.1) is 5.82 Å². The van der Waals surface area contributed by atoms with E-state index < -0.39 is 5.82 Å². The first-order chi connectivity index (χ1) is 13.1. The zero-order chi connectivity index (χ0) is 19.1. The number of rotatable bonds is 7. The number of morpholine rings is 1. The van der Waals surface area contributed by atoms with E-state index in [2.05, 4.69) is 25.5 Å². The van der Waals surface area contributed by atoms with Crippen LogP contribution in [0.5, 0.6) is 0 Å². The lowest BCUT2D eigenvalue weighted by Gasteiger charge is -2.27. The lowest BCUT2D eigenvalue weighted by Crippen LogP contribution is -2.36. The molecule has 27 heavy (non-hydrogen) atoms. The molecular formula is C18H21ClFN5O2. The summed E-state index contributed by atoms with van der Waals surface area (Å²) in [6, 6.07) is 6.23. The molecule has 1 amide bonds. The molecule has 0 unspecified atom stereocenters. The van der Waals surface area contributed by atoms with E-state index in [-0.39, 0.29) is 22.9 Å². The van der Waals surface area contributed by atoms with Gasteiger partial charge in [-0.25, -0.2) is 14.4 Å². The molecule has 144 valence electrons. The van der Waals surface area contributed by atoms with Gasteiger partial charge in [0.1, 0.15) is 23.8 Å². The summed E-state index contributed by atoms with van der Waals surface area (Å²) < 4.78 is 19.0. The average Bonchev–Trinajstić information content (AvgIpc) is 2.69. The highest BCUT2D eigenvalue weighted by atomic mass is 35.5. The molecular weight excluding hydrogens is 373 g/mol. The Bertz CT molecular complexity index is 766. The quantitative estimate of drug-likeness (QED) is 0.699. The molecule has 1 aromatic carbocycles. The van der Waals surface area contributed by atoms with E-state index >= 15 is 0 Å². The summed E-state index contributed by atoms with van der Waals surface area (Å²) in [7, 11) is 0. The number of ether oxygens (including phenoxy) is 1. The summed E-state index contributed by atoms with van der Waals surface area (Å²) in [4.78, 5) is 22.6. The Labute approximate surface area is 161 Å². The predicted molar refractivity (Wildman–Crippen MR) is 102 cm³/mol. The maximum Gasteiger partial charge on any atom is 0.224 e. The second-order valence-corrected chi connectivity index (χ2v) is 6.42. The van der Waals surface area contributed by atoms with Crippen molar-refractivity contribution in [2.45, 2.75) is 6.42 Å². The maximum absolute atomic E-state index is 13.7. The summed E-state index contributed by atoms with van der Waals surface area (Å²) >= 11 is 5.94. The fraction of sp³-hybridized carbons (Fsp3) is 0.389. The Morgan fingerprint density at radius 1 is 1.26 bits per heavy atom. The van der Waals surface area contributed by atoms with Gasteiger partial charge in [-0.15, -0.1) is 0 Å². The highest BCUT2D eigenvalue weighted by molar-refractivity contribution is 6.31. The third kappa shape index (κ3) is 5.51. The summed E-state index contributed by atoms with van der Waals surface area (Å²) in [5.41, 5.74) is 0.204. The van der Waals surface area contributed by atoms with Gasteiger partial charge in [0.25, 0.3) is 0 Å². The van der Waals surface area contributed by atoms with Crippen LogP contribution in [0.3, 0.4) is 0 Å². The van der Waals surface area contributed by atoms with Crippen LogP contribution in [-0.4, -0.2) is 55.3 Å². The van der Waals surface area contributed by atoms with Gasteiger partial charge in [0.2, 0.25) is 5.91 Å². The first-order valence-electron chi connectivity index (χ1n) is 8.71. The molecule has 0 atom stereocenters. The SMILES string of the molecule is O=C(Cc1c(F)cccc1Cl)NCCNc1cc(N2CCOCC2)ncn1. The minimum atomic E-state index is -0.479. The molecule has 0 spiro atoms. The molecule has 2 N–H and O–H groups in total. The van der Waals surface area contributed by atoms with Gasteiger partial charge >= 0.3 is 0 Å². The van der Waals surface area contributed by atoms with Crippen molar-refractivity contribution in [3.8, 4) is 0 Å². The number of hydrogen-bond donors (Lipinski definition) is 2. The molecule has 0 saturated carbocycles. The van der Waals surface area contributed by atoms with Crippen molar-refractivity contribution in [2.24, 2.45) is 0 Å². The molecule has 9 heteroatoms. The molecule has 0 radical (unpaired) electrons. The molecule has 2 aromatic rings. The van der Waals surface area contributed by atoms with Crippen LogP contribution in [0.1, 0.15) is 5.56 Å². The van der Waals surface area contributed by atoms with Gasteiger partial charge < -0.3 is 20.3 Å². The van der Waals surface area contributed by atoms with Gasteiger partial charge in [-0.3, -0.25) is 4.79 Å². The van der Waals surface area contributed by atoms with E-state index in [1.165, 1.54) is 18.5 Å². The van der Waals surface area contributed by atoms with E-state index in [4.69, 9.17) is 16.3 Å². The van der Waals surface area contributed by atoms with Crippen LogP contribution in [0.2, 0.25) is 5.02 Å². The van der Waals surface area contributed by atoms with Crippen LogP contribution >= 0.6 is 11.6 Å². The topological polar surface area (TPSA) is 79.4 Å². The lowest BCUT2D eigenvalue weighted by molar-refractivity contribution is -0.120. The Morgan fingerprint density at radius 2 is 2.07 bits per heavy atom. The van der Waals surface area contributed by atoms with Gasteiger partial charge in [0.15, 0.2) is 0 Å². The highest BCUT2D eigenvalue weighted by Crippen LogP contribution is 2.19. The second-order valence-electron chi connectivity index (χ2n) is 6.01. The fourth-order valence-corrected chi connectivity index (χ4v) is 2.96. The minimum Gasteiger partial charge on any atom is -0.378 e. The second kappa shape index (κ2) is 9.48. The number of carbonyl (C=O) groups is 1. The number of nitrogens with zero attached hydrogens (tertiary/aromatic N) is 3. The van der Waals surface area contributed by atoms with Crippen LogP contribution in [0.25, 0.3) is 0 Å². The number of anilines is 2. The number of nitrogens with one attached hydrogen (secondary N) is 2. The van der Waals surface area contributed by atoms with Crippen molar-refractivity contribution in [3.63, 3.8) is 0 Å². The molecule has 2 heterocycles. The van der Waals surface area contributed by atoms with Gasteiger partial charge in [-0.2, -0.15) is 0 Å². The normalized spacial score (nSPS) is 14.1. The van der Waals surface area contributed by atoms with E-state index in [1.54, 1.807) is 6.07 Å². The van der Waals surface area contributed by atoms with Crippen LogP contribution in [-0.2, 0) is 16.0 Å². The van der Waals surface area contributed by atoms with E-state index in [0.29, 0.717) is 32.1 Å². The molecule has 3 rings (SSSR count). The van der Waals surface area contributed by atoms with E-state index in [9.17, 15) is 9.18 Å². The molecule has 1 fully saturated rings. The molecule has 0 aliphatic carbocycles. The van der Waals surface area contributed by atoms with Crippen molar-refractivity contribution in [3.05, 3.63) is 47.0 Å². The highest BCUT2D eigenvalue weighted by Gasteiger charge is 2.13. The lowest BCUT2D eigenvalue weighted by atomic mass is 10.1. The largest absolute Gasteiger partial charge is 0.378 e. The minimum absolute atomic E-state index is 0.0970. The number of benzene rings is 1. The third-order valence-corrected chi connectivity index (χ3v) is 4.49. The number of hydrogen-bond acceptors (Lipinski definition) is 6. The number of amides is 1. The van der Waals surface area contributed by atoms with Crippen LogP contribution in [0.4, 0.5) is 16.0 Å². The molecule has 1 aliphatic rings. The number of aromatic nitrogens is 2. The van der Waals surface area contributed by atoms with Gasteiger partial charge in [-0.1, -0.05) is 17.7 Å². The zero-order valence-corrected chi connectivity index (χ0v) is 15.5. The van der Waals surface area contributed by atoms with Crippen molar-refractivity contribution >= 4 is 29.1 Å². The Morgan fingerprint density at radius 3 is 2.85 bits per heavy atom. The monoisotopic (exact) mass is 393 g/mol. The van der Waals surface area contributed by atoms with Gasteiger partial charge in [0.05, 0.1) is 19.6 Å². The maximum atomic E-state index is 13.7. The smallest absolute Gasteiger partial charge is 0.224 e. The van der Waals surface area contributed by atoms with Crippen LogP contribution < -0.4 is 15.5 Å². The average molecular weight is 394 g/mol. The number of carbonyl (C=O) groups excluding carboxylic acids is 1. The van der Waals surface area contributed by atoms with Gasteiger partial charge in [0, 0.05) is 42.8 Å². The Kier molecular flexibility index (Phi) is 6.78. The van der Waals surface area contributed by atoms with Crippen molar-refractivity contribution in [1.82, 2.24) is 15.3 Å². The van der Waals surface area contributed by atoms with Crippen LogP contribution in [0.15, 0.2) is 30.6 Å². The third-order valence-electron chi connectivity index (χ3n) is 4.14. The van der Waals surface area contributed by atoms with E-state index in [0.717, 1.165) is 18.9 Å². The predicted octanol–water partition coefficient (Wildman–Crippen LogP) is 1.88. The summed E-state index contributed by atoms with van der Waals surface area (Å²) in [5, 5.41) is 6.13. The summed E-state index contributed by atoms with van der Waals surface area (Å²) in [5.74, 6) is 0.750.